The van der Waals surface area contributed by atoms with Crippen LogP contribution in [0.2, 0.25) is 0 Å². The third-order valence-corrected chi connectivity index (χ3v) is 3.56. The lowest BCUT2D eigenvalue weighted by Gasteiger charge is -2.15. The quantitative estimate of drug-likeness (QED) is 0.583. The van der Waals surface area contributed by atoms with Crippen LogP contribution in [0.4, 0.5) is 26.3 Å². The molecule has 11 heteroatoms. The molecule has 0 heterocycles. The van der Waals surface area contributed by atoms with Gasteiger partial charge in [-0.2, -0.15) is 26.3 Å². The van der Waals surface area contributed by atoms with Crippen LogP contribution in [-0.4, -0.2) is 18.4 Å². The standard InChI is InChI=1S/C18H14F6N2O3/c1-10-2-4-11(5-3-10)16(28)26-25-15(27)9-29-14-7-12(17(19,20)21)6-13(8-14)18(22,23)24/h2-8H,9H2,1H3,(H,25,27)(H,26,28). The van der Waals surface area contributed by atoms with E-state index in [1.165, 1.54) is 12.1 Å². The van der Waals surface area contributed by atoms with Gasteiger partial charge in [-0.3, -0.25) is 20.4 Å². The van der Waals surface area contributed by atoms with Crippen LogP contribution in [0.5, 0.6) is 5.75 Å². The zero-order chi connectivity index (χ0) is 21.8. The molecule has 0 aliphatic heterocycles. The van der Waals surface area contributed by atoms with Gasteiger partial charge in [0.1, 0.15) is 5.75 Å². The van der Waals surface area contributed by atoms with E-state index in [1.807, 2.05) is 10.9 Å². The van der Waals surface area contributed by atoms with E-state index in [-0.39, 0.29) is 11.6 Å². The van der Waals surface area contributed by atoms with Crippen molar-refractivity contribution >= 4 is 11.8 Å². The van der Waals surface area contributed by atoms with Crippen LogP contribution in [0.3, 0.4) is 0 Å². The van der Waals surface area contributed by atoms with Crippen LogP contribution in [0.1, 0.15) is 27.0 Å². The number of aryl methyl sites for hydroxylation is 1. The smallest absolute Gasteiger partial charge is 0.416 e. The van der Waals surface area contributed by atoms with E-state index in [2.05, 4.69) is 0 Å². The Hall–Kier alpha value is -3.24. The molecule has 156 valence electrons. The molecule has 0 aliphatic rings. The fourth-order valence-electron chi connectivity index (χ4n) is 2.10. The molecule has 2 aromatic rings. The molecule has 0 aromatic heterocycles. The molecule has 29 heavy (non-hydrogen) atoms. The minimum absolute atomic E-state index is 0.0608. The second kappa shape index (κ2) is 8.41. The van der Waals surface area contributed by atoms with Crippen molar-refractivity contribution < 1.29 is 40.7 Å². The highest BCUT2D eigenvalue weighted by Crippen LogP contribution is 2.38. The maximum Gasteiger partial charge on any atom is 0.416 e. The number of carbonyl (C=O) groups excluding carboxylic acids is 2. The molecule has 0 fully saturated rings. The number of benzene rings is 2. The Morgan fingerprint density at radius 1 is 0.862 bits per heavy atom. The SMILES string of the molecule is Cc1ccc(C(=O)NNC(=O)COc2cc(C(F)(F)F)cc(C(F)(F)F)c2)cc1. The Labute approximate surface area is 160 Å². The molecule has 0 radical (unpaired) electrons. The molecule has 0 unspecified atom stereocenters. The zero-order valence-electron chi connectivity index (χ0n) is 14.7. The van der Waals surface area contributed by atoms with Crippen molar-refractivity contribution in [1.82, 2.24) is 10.9 Å². The molecule has 0 bridgehead atoms. The van der Waals surface area contributed by atoms with E-state index in [4.69, 9.17) is 4.74 Å². The zero-order valence-corrected chi connectivity index (χ0v) is 14.7. The molecule has 2 aromatic carbocycles. The van der Waals surface area contributed by atoms with Gasteiger partial charge in [-0.05, 0) is 37.3 Å². The molecule has 2 N–H and O–H groups in total. The highest BCUT2D eigenvalue weighted by atomic mass is 19.4. The summed E-state index contributed by atoms with van der Waals surface area (Å²) in [5.74, 6) is -2.46. The maximum atomic E-state index is 12.8. The van der Waals surface area contributed by atoms with Crippen LogP contribution in [-0.2, 0) is 17.1 Å². The Morgan fingerprint density at radius 2 is 1.38 bits per heavy atom. The fourth-order valence-corrected chi connectivity index (χ4v) is 2.10. The first kappa shape index (κ1) is 22.1. The second-order valence-corrected chi connectivity index (χ2v) is 5.90. The van der Waals surface area contributed by atoms with Crippen molar-refractivity contribution in [2.45, 2.75) is 19.3 Å². The predicted molar refractivity (Wildman–Crippen MR) is 88.7 cm³/mol. The van der Waals surface area contributed by atoms with Gasteiger partial charge in [0.25, 0.3) is 11.8 Å². The number of hydrogen-bond acceptors (Lipinski definition) is 3. The van der Waals surface area contributed by atoms with E-state index in [1.54, 1.807) is 19.1 Å². The van der Waals surface area contributed by atoms with Gasteiger partial charge in [0.05, 0.1) is 11.1 Å². The van der Waals surface area contributed by atoms with Crippen LogP contribution in [0.15, 0.2) is 42.5 Å². The lowest BCUT2D eigenvalue weighted by atomic mass is 10.1. The Balaban J connectivity index is 2.00. The van der Waals surface area contributed by atoms with Gasteiger partial charge in [-0.15, -0.1) is 0 Å². The third-order valence-electron chi connectivity index (χ3n) is 3.56. The van der Waals surface area contributed by atoms with E-state index in [0.29, 0.717) is 12.1 Å². The van der Waals surface area contributed by atoms with Gasteiger partial charge in [-0.25, -0.2) is 0 Å². The molecule has 0 aliphatic carbocycles. The average Bonchev–Trinajstić information content (AvgIpc) is 2.63. The first-order valence-electron chi connectivity index (χ1n) is 7.94. The summed E-state index contributed by atoms with van der Waals surface area (Å²) in [5.41, 5.74) is 1.98. The van der Waals surface area contributed by atoms with Gasteiger partial charge >= 0.3 is 12.4 Å². The molecule has 0 spiro atoms. The van der Waals surface area contributed by atoms with Crippen LogP contribution in [0, 0.1) is 6.92 Å². The average molecular weight is 420 g/mol. The molecule has 0 saturated heterocycles. The van der Waals surface area contributed by atoms with Crippen molar-refractivity contribution in [1.29, 1.82) is 0 Å². The summed E-state index contributed by atoms with van der Waals surface area (Å²) in [5, 5.41) is 0. The Morgan fingerprint density at radius 3 is 1.86 bits per heavy atom. The number of rotatable bonds is 4. The molecule has 2 rings (SSSR count). The number of ether oxygens (including phenoxy) is 1. The number of hydrazine groups is 1. The molecular formula is C18H14F6N2O3. The number of carbonyl (C=O) groups is 2. The van der Waals surface area contributed by atoms with Gasteiger partial charge in [0.2, 0.25) is 0 Å². The minimum atomic E-state index is -5.04. The maximum absolute atomic E-state index is 12.8. The minimum Gasteiger partial charge on any atom is -0.484 e. The lowest BCUT2D eigenvalue weighted by molar-refractivity contribution is -0.143. The van der Waals surface area contributed by atoms with Gasteiger partial charge in [0.15, 0.2) is 6.61 Å². The van der Waals surface area contributed by atoms with Crippen molar-refractivity contribution in [2.24, 2.45) is 0 Å². The Kier molecular flexibility index (Phi) is 6.40. The normalized spacial score (nSPS) is 11.7. The summed E-state index contributed by atoms with van der Waals surface area (Å²) in [6.45, 7) is 0.881. The molecular weight excluding hydrogens is 406 g/mol. The van der Waals surface area contributed by atoms with E-state index >= 15 is 0 Å². The van der Waals surface area contributed by atoms with Crippen molar-refractivity contribution in [3.63, 3.8) is 0 Å². The first-order chi connectivity index (χ1) is 13.4. The number of nitrogens with one attached hydrogen (secondary N) is 2. The first-order valence-corrected chi connectivity index (χ1v) is 7.94. The van der Waals surface area contributed by atoms with Crippen LogP contribution >= 0.6 is 0 Å². The fraction of sp³-hybridized carbons (Fsp3) is 0.222. The van der Waals surface area contributed by atoms with Crippen LogP contribution in [0.25, 0.3) is 0 Å². The van der Waals surface area contributed by atoms with Crippen molar-refractivity contribution in [2.75, 3.05) is 6.61 Å². The van der Waals surface area contributed by atoms with Gasteiger partial charge in [-0.1, -0.05) is 17.7 Å². The van der Waals surface area contributed by atoms with E-state index in [9.17, 15) is 35.9 Å². The number of alkyl halides is 6. The Bertz CT molecular complexity index is 860. The predicted octanol–water partition coefficient (Wildman–Crippen LogP) is 3.87. The summed E-state index contributed by atoms with van der Waals surface area (Å²) in [6.07, 6.45) is -10.1. The second-order valence-electron chi connectivity index (χ2n) is 5.90. The highest BCUT2D eigenvalue weighted by molar-refractivity contribution is 5.95. The molecule has 2 amide bonds. The molecule has 0 atom stereocenters. The highest BCUT2D eigenvalue weighted by Gasteiger charge is 2.37. The summed E-state index contributed by atoms with van der Waals surface area (Å²) in [7, 11) is 0. The van der Waals surface area contributed by atoms with Crippen molar-refractivity contribution in [3.05, 3.63) is 64.7 Å². The van der Waals surface area contributed by atoms with E-state index in [0.717, 1.165) is 5.56 Å². The van der Waals surface area contributed by atoms with E-state index < -0.39 is 47.7 Å². The third kappa shape index (κ3) is 6.40. The van der Waals surface area contributed by atoms with Crippen LogP contribution < -0.4 is 15.6 Å². The molecule has 5 nitrogen and oxygen atoms in total. The number of hydrogen-bond donors (Lipinski definition) is 2. The number of amides is 2. The number of halogens is 6. The molecule has 0 saturated carbocycles. The summed E-state index contributed by atoms with van der Waals surface area (Å²) in [4.78, 5) is 23.5. The summed E-state index contributed by atoms with van der Waals surface area (Å²) < 4.78 is 81.4. The monoisotopic (exact) mass is 420 g/mol. The summed E-state index contributed by atoms with van der Waals surface area (Å²) >= 11 is 0. The summed E-state index contributed by atoms with van der Waals surface area (Å²) in [6, 6.07) is 6.93. The largest absolute Gasteiger partial charge is 0.484 e. The van der Waals surface area contributed by atoms with Gasteiger partial charge in [0, 0.05) is 5.56 Å². The lowest BCUT2D eigenvalue weighted by Crippen LogP contribution is -2.43. The van der Waals surface area contributed by atoms with Gasteiger partial charge < -0.3 is 4.74 Å². The topological polar surface area (TPSA) is 67.4 Å². The van der Waals surface area contributed by atoms with Crippen molar-refractivity contribution in [3.8, 4) is 5.75 Å².